The maximum atomic E-state index is 12.1. The number of hydrogen-bond acceptors (Lipinski definition) is 5. The zero-order valence-corrected chi connectivity index (χ0v) is 14.1. The second-order valence-electron chi connectivity index (χ2n) is 5.04. The van der Waals surface area contributed by atoms with Crippen LogP contribution in [0.3, 0.4) is 0 Å². The highest BCUT2D eigenvalue weighted by Crippen LogP contribution is 2.25. The molecule has 7 nitrogen and oxygen atoms in total. The molecular formula is C15H14F3N3O4S. The van der Waals surface area contributed by atoms with E-state index in [1.807, 2.05) is 0 Å². The summed E-state index contributed by atoms with van der Waals surface area (Å²) in [6.07, 6.45) is -4.78. The number of hydrogen-bond donors (Lipinski definition) is 4. The molecule has 0 spiro atoms. The highest BCUT2D eigenvalue weighted by atomic mass is 32.1. The Bertz CT molecular complexity index is 777. The van der Waals surface area contributed by atoms with Crippen LogP contribution in [0.1, 0.15) is 27.5 Å². The fourth-order valence-corrected chi connectivity index (χ4v) is 2.84. The molecule has 1 unspecified atom stereocenters. The zero-order valence-electron chi connectivity index (χ0n) is 13.3. The molecule has 1 aromatic heterocycles. The minimum Gasteiger partial charge on any atom is -0.406 e. The number of nitrogens with one attached hydrogen (secondary N) is 3. The molecule has 0 saturated carbocycles. The van der Waals surface area contributed by atoms with Gasteiger partial charge in [0.1, 0.15) is 5.75 Å². The van der Waals surface area contributed by atoms with E-state index in [9.17, 15) is 22.8 Å². The quantitative estimate of drug-likeness (QED) is 0.463. The summed E-state index contributed by atoms with van der Waals surface area (Å²) < 4.78 is 40.0. The number of amides is 3. The van der Waals surface area contributed by atoms with Crippen LogP contribution in [0, 0.1) is 0 Å². The number of urea groups is 1. The average molecular weight is 389 g/mol. The molecule has 0 bridgehead atoms. The molecule has 1 heterocycles. The van der Waals surface area contributed by atoms with Crippen molar-refractivity contribution in [1.29, 1.82) is 0 Å². The number of alkyl halides is 3. The number of thiophene rings is 1. The van der Waals surface area contributed by atoms with Crippen molar-refractivity contribution in [2.75, 3.05) is 5.32 Å². The van der Waals surface area contributed by atoms with Gasteiger partial charge in [-0.2, -0.15) is 0 Å². The van der Waals surface area contributed by atoms with Gasteiger partial charge in [0.2, 0.25) is 0 Å². The second kappa shape index (κ2) is 8.06. The molecule has 11 heteroatoms. The first-order valence-electron chi connectivity index (χ1n) is 7.15. The van der Waals surface area contributed by atoms with Gasteiger partial charge in [-0.1, -0.05) is 0 Å². The summed E-state index contributed by atoms with van der Waals surface area (Å²) in [7, 11) is 0. The molecule has 0 saturated heterocycles. The molecule has 0 radical (unpaired) electrons. The van der Waals surface area contributed by atoms with Crippen molar-refractivity contribution in [3.8, 4) is 5.75 Å². The lowest BCUT2D eigenvalue weighted by Gasteiger charge is -2.14. The Morgan fingerprint density at radius 2 is 1.81 bits per heavy atom. The summed E-state index contributed by atoms with van der Waals surface area (Å²) in [4.78, 5) is 24.2. The Balaban J connectivity index is 1.91. The van der Waals surface area contributed by atoms with Crippen LogP contribution in [0.15, 0.2) is 36.4 Å². The predicted octanol–water partition coefficient (Wildman–Crippen LogP) is 3.65. The van der Waals surface area contributed by atoms with E-state index >= 15 is 0 Å². The lowest BCUT2D eigenvalue weighted by atomic mass is 10.2. The van der Waals surface area contributed by atoms with Crippen LogP contribution in [0.4, 0.5) is 23.7 Å². The van der Waals surface area contributed by atoms with Crippen molar-refractivity contribution < 1.29 is 32.7 Å². The van der Waals surface area contributed by atoms with Gasteiger partial charge in [0.15, 0.2) is 0 Å². The van der Waals surface area contributed by atoms with E-state index in [-0.39, 0.29) is 10.6 Å². The van der Waals surface area contributed by atoms with Crippen LogP contribution in [-0.2, 0) is 0 Å². The molecule has 26 heavy (non-hydrogen) atoms. The molecular weight excluding hydrogens is 375 g/mol. The number of carbonyl (C=O) groups excluding carboxylic acids is 2. The van der Waals surface area contributed by atoms with E-state index in [2.05, 4.69) is 15.4 Å². The average Bonchev–Trinajstić information content (AvgIpc) is 3.04. The van der Waals surface area contributed by atoms with E-state index in [0.29, 0.717) is 4.88 Å². The normalized spacial score (nSPS) is 12.2. The first-order chi connectivity index (χ1) is 12.2. The number of halogens is 3. The topological polar surface area (TPSA) is 99.7 Å². The van der Waals surface area contributed by atoms with Crippen molar-refractivity contribution >= 4 is 29.0 Å². The summed E-state index contributed by atoms with van der Waals surface area (Å²) in [5.74, 6) is -1.05. The van der Waals surface area contributed by atoms with Crippen LogP contribution in [0.5, 0.6) is 5.75 Å². The van der Waals surface area contributed by atoms with E-state index in [4.69, 9.17) is 5.21 Å². The van der Waals surface area contributed by atoms with Gasteiger partial charge in [-0.25, -0.2) is 10.3 Å². The van der Waals surface area contributed by atoms with Crippen molar-refractivity contribution in [3.05, 3.63) is 46.2 Å². The van der Waals surface area contributed by atoms with E-state index in [1.54, 1.807) is 13.0 Å². The maximum absolute atomic E-state index is 12.1. The Morgan fingerprint density at radius 3 is 2.38 bits per heavy atom. The molecule has 4 N–H and O–H groups in total. The maximum Gasteiger partial charge on any atom is 0.573 e. The van der Waals surface area contributed by atoms with Crippen molar-refractivity contribution in [1.82, 2.24) is 10.8 Å². The van der Waals surface area contributed by atoms with Crippen LogP contribution in [-0.4, -0.2) is 23.5 Å². The van der Waals surface area contributed by atoms with Crippen molar-refractivity contribution in [3.63, 3.8) is 0 Å². The number of rotatable bonds is 5. The first-order valence-corrected chi connectivity index (χ1v) is 7.97. The largest absolute Gasteiger partial charge is 0.573 e. The summed E-state index contributed by atoms with van der Waals surface area (Å²) in [6, 6.07) is 6.79. The van der Waals surface area contributed by atoms with Gasteiger partial charge in [0.25, 0.3) is 5.91 Å². The minimum absolute atomic E-state index is 0.274. The Kier molecular flexibility index (Phi) is 6.05. The van der Waals surface area contributed by atoms with Gasteiger partial charge < -0.3 is 15.4 Å². The molecule has 2 rings (SSSR count). The molecule has 2 aromatic rings. The van der Waals surface area contributed by atoms with Gasteiger partial charge in [-0.05, 0) is 43.3 Å². The smallest absolute Gasteiger partial charge is 0.406 e. The Hall–Kier alpha value is -2.79. The lowest BCUT2D eigenvalue weighted by molar-refractivity contribution is -0.274. The van der Waals surface area contributed by atoms with Crippen LogP contribution >= 0.6 is 11.3 Å². The van der Waals surface area contributed by atoms with E-state index < -0.39 is 30.1 Å². The van der Waals surface area contributed by atoms with Crippen LogP contribution in [0.25, 0.3) is 0 Å². The molecule has 1 atom stereocenters. The molecule has 0 aliphatic heterocycles. The van der Waals surface area contributed by atoms with Crippen molar-refractivity contribution in [2.45, 2.75) is 19.3 Å². The summed E-state index contributed by atoms with van der Waals surface area (Å²) in [5, 5.41) is 13.7. The van der Waals surface area contributed by atoms with E-state index in [1.165, 1.54) is 23.7 Å². The number of carbonyl (C=O) groups is 2. The number of ether oxygens (including phenoxy) is 1. The lowest BCUT2D eigenvalue weighted by Crippen LogP contribution is -2.30. The van der Waals surface area contributed by atoms with Gasteiger partial charge >= 0.3 is 12.4 Å². The monoisotopic (exact) mass is 389 g/mol. The predicted molar refractivity (Wildman–Crippen MR) is 87.3 cm³/mol. The number of benzene rings is 1. The Morgan fingerprint density at radius 1 is 1.15 bits per heavy atom. The fourth-order valence-electron chi connectivity index (χ4n) is 1.94. The fraction of sp³-hybridized carbons (Fsp3) is 0.200. The third-order valence-corrected chi connectivity index (χ3v) is 4.34. The van der Waals surface area contributed by atoms with Crippen LogP contribution < -0.4 is 20.9 Å². The van der Waals surface area contributed by atoms with Crippen molar-refractivity contribution in [2.24, 2.45) is 0 Å². The van der Waals surface area contributed by atoms with Gasteiger partial charge in [-0.15, -0.1) is 24.5 Å². The highest BCUT2D eigenvalue weighted by molar-refractivity contribution is 7.14. The molecule has 0 aliphatic carbocycles. The number of hydroxylamine groups is 1. The standard InChI is InChI=1S/C15H14F3N3O4S/c1-8(11-6-7-12(26-11)13(22)21-24)19-14(23)20-9-2-4-10(5-3-9)25-15(16,17)18/h2-8,24H,1H3,(H,21,22)(H2,19,20,23). The molecule has 0 fully saturated rings. The summed E-state index contributed by atoms with van der Waals surface area (Å²) in [5.41, 5.74) is 1.79. The third-order valence-electron chi connectivity index (χ3n) is 3.07. The second-order valence-corrected chi connectivity index (χ2v) is 6.15. The molecule has 0 aliphatic rings. The molecule has 3 amide bonds. The molecule has 140 valence electrons. The summed E-state index contributed by atoms with van der Waals surface area (Å²) >= 11 is 1.09. The Labute approximate surface area is 149 Å². The minimum atomic E-state index is -4.78. The highest BCUT2D eigenvalue weighted by Gasteiger charge is 2.30. The van der Waals surface area contributed by atoms with Gasteiger partial charge in [0, 0.05) is 10.6 Å². The summed E-state index contributed by atoms with van der Waals surface area (Å²) in [6.45, 7) is 1.69. The van der Waals surface area contributed by atoms with Gasteiger partial charge in [0.05, 0.1) is 10.9 Å². The number of anilines is 1. The first kappa shape index (κ1) is 19.5. The third kappa shape index (κ3) is 5.63. The van der Waals surface area contributed by atoms with Crippen LogP contribution in [0.2, 0.25) is 0 Å². The zero-order chi connectivity index (χ0) is 19.3. The van der Waals surface area contributed by atoms with E-state index in [0.717, 1.165) is 23.5 Å². The van der Waals surface area contributed by atoms with Gasteiger partial charge in [-0.3, -0.25) is 10.0 Å². The molecule has 1 aromatic carbocycles. The SMILES string of the molecule is CC(NC(=O)Nc1ccc(OC(F)(F)F)cc1)c1ccc(C(=O)NO)s1.